The molecule has 0 saturated carbocycles. The van der Waals surface area contributed by atoms with Gasteiger partial charge in [-0.25, -0.2) is 4.79 Å². The van der Waals surface area contributed by atoms with Gasteiger partial charge >= 0.3 is 5.97 Å². The molecule has 0 aromatic carbocycles. The van der Waals surface area contributed by atoms with Gasteiger partial charge in [0.15, 0.2) is 5.78 Å². The molecule has 0 spiro atoms. The molecular weight excluding hydrogens is 148 g/mol. The quantitative estimate of drug-likeness (QED) is 0.379. The highest BCUT2D eigenvalue weighted by molar-refractivity contribution is 6.42. The fourth-order valence-electron chi connectivity index (χ4n) is 0.319. The van der Waals surface area contributed by atoms with Crippen molar-refractivity contribution < 1.29 is 14.7 Å². The Morgan fingerprint density at radius 3 is 2.27 bits per heavy atom. The Hall–Kier alpha value is -1.65. The van der Waals surface area contributed by atoms with Crippen molar-refractivity contribution >= 4 is 17.5 Å². The lowest BCUT2D eigenvalue weighted by molar-refractivity contribution is -0.132. The lowest BCUT2D eigenvalue weighted by atomic mass is 10.2. The van der Waals surface area contributed by atoms with Crippen LogP contribution in [0.1, 0.15) is 6.92 Å². The second-order valence-electron chi connectivity index (χ2n) is 1.87. The third-order valence-electron chi connectivity index (χ3n) is 0.926. The van der Waals surface area contributed by atoms with Crippen molar-refractivity contribution in [3.05, 3.63) is 11.8 Å². The fourth-order valence-corrected chi connectivity index (χ4v) is 0.319. The molecule has 0 aromatic heterocycles. The monoisotopic (exact) mass is 156 g/mol. The van der Waals surface area contributed by atoms with Crippen LogP contribution in [0.4, 0.5) is 0 Å². The second kappa shape index (κ2) is 3.50. The maximum Gasteiger partial charge on any atom is 0.351 e. The number of ketones is 1. The number of carbonyl (C=O) groups is 2. The van der Waals surface area contributed by atoms with Crippen molar-refractivity contribution in [3.8, 4) is 0 Å². The molecule has 0 bridgehead atoms. The van der Waals surface area contributed by atoms with Crippen LogP contribution in [-0.4, -0.2) is 22.6 Å². The van der Waals surface area contributed by atoms with Crippen LogP contribution in [0.5, 0.6) is 0 Å². The first-order valence-electron chi connectivity index (χ1n) is 2.75. The minimum atomic E-state index is -1.34. The highest BCUT2D eigenvalue weighted by atomic mass is 16.4. The third kappa shape index (κ3) is 3.14. The summed E-state index contributed by atoms with van der Waals surface area (Å²) in [6.45, 7) is 1.16. The zero-order chi connectivity index (χ0) is 9.02. The largest absolute Gasteiger partial charge is 0.477 e. The summed E-state index contributed by atoms with van der Waals surface area (Å²) in [5.74, 6) is -1.86. The van der Waals surface area contributed by atoms with E-state index in [0.29, 0.717) is 0 Å². The van der Waals surface area contributed by atoms with Crippen molar-refractivity contribution in [2.75, 3.05) is 0 Å². The van der Waals surface area contributed by atoms with Gasteiger partial charge in [0, 0.05) is 6.92 Å². The third-order valence-corrected chi connectivity index (χ3v) is 0.926. The number of nitrogens with two attached hydrogens (primary N) is 1. The molecule has 0 rings (SSSR count). The zero-order valence-electron chi connectivity index (χ0n) is 5.92. The first-order valence-corrected chi connectivity index (χ1v) is 2.75. The van der Waals surface area contributed by atoms with E-state index in [-0.39, 0.29) is 0 Å². The number of hydrogen-bond donors (Lipinski definition) is 3. The summed E-state index contributed by atoms with van der Waals surface area (Å²) in [6, 6.07) is 0. The number of carbonyl (C=O) groups excluding carboxylic acids is 1. The number of rotatable bonds is 3. The number of carboxylic acid groups (broad SMARTS) is 1. The maximum atomic E-state index is 10.4. The van der Waals surface area contributed by atoms with E-state index in [0.717, 1.165) is 13.0 Å². The Morgan fingerprint density at radius 1 is 1.55 bits per heavy atom. The molecule has 5 nitrogen and oxygen atoms in total. The standard InChI is InChI=1S/C6H8N2O3/c1-3(9)4(7)2-5(8)6(10)11/h2,7H,8H2,1H3,(H,10,11)/b5-2-,7-4?. The molecule has 0 radical (unpaired) electrons. The summed E-state index contributed by atoms with van der Waals surface area (Å²) >= 11 is 0. The highest BCUT2D eigenvalue weighted by Gasteiger charge is 2.04. The van der Waals surface area contributed by atoms with E-state index in [1.807, 2.05) is 0 Å². The normalized spacial score (nSPS) is 10.8. The molecule has 5 heteroatoms. The van der Waals surface area contributed by atoms with E-state index in [1.165, 1.54) is 0 Å². The minimum Gasteiger partial charge on any atom is -0.477 e. The van der Waals surface area contributed by atoms with Crippen LogP contribution in [0.3, 0.4) is 0 Å². The number of nitrogens with one attached hydrogen (secondary N) is 1. The molecule has 0 aliphatic carbocycles. The van der Waals surface area contributed by atoms with Crippen LogP contribution < -0.4 is 5.73 Å². The van der Waals surface area contributed by atoms with Crippen molar-refractivity contribution in [2.24, 2.45) is 5.73 Å². The maximum absolute atomic E-state index is 10.4. The van der Waals surface area contributed by atoms with Crippen LogP contribution in [0.25, 0.3) is 0 Å². The van der Waals surface area contributed by atoms with Crippen LogP contribution in [0.2, 0.25) is 0 Å². The molecular formula is C6H8N2O3. The Bertz CT molecular complexity index is 242. The molecule has 60 valence electrons. The molecule has 0 unspecified atom stereocenters. The van der Waals surface area contributed by atoms with Crippen LogP contribution in [-0.2, 0) is 9.59 Å². The van der Waals surface area contributed by atoms with Gasteiger partial charge in [0.05, 0.1) is 5.71 Å². The second-order valence-corrected chi connectivity index (χ2v) is 1.87. The van der Waals surface area contributed by atoms with Gasteiger partial charge in [-0.2, -0.15) is 0 Å². The average Bonchev–Trinajstić information content (AvgIpc) is 1.87. The average molecular weight is 156 g/mol. The van der Waals surface area contributed by atoms with Gasteiger partial charge < -0.3 is 10.8 Å². The number of Topliss-reactive ketones (excluding diaryl/α,β-unsaturated/α-hetero) is 1. The van der Waals surface area contributed by atoms with Gasteiger partial charge in [-0.3, -0.25) is 10.2 Å². The van der Waals surface area contributed by atoms with E-state index in [2.05, 4.69) is 0 Å². The molecule has 0 aliphatic rings. The van der Waals surface area contributed by atoms with Gasteiger partial charge in [0.1, 0.15) is 5.70 Å². The number of hydrogen-bond acceptors (Lipinski definition) is 4. The van der Waals surface area contributed by atoms with Gasteiger partial charge in [0.25, 0.3) is 0 Å². The van der Waals surface area contributed by atoms with E-state index in [4.69, 9.17) is 16.2 Å². The zero-order valence-corrected chi connectivity index (χ0v) is 5.92. The lowest BCUT2D eigenvalue weighted by Gasteiger charge is -1.92. The summed E-state index contributed by atoms with van der Waals surface area (Å²) in [5, 5.41) is 15.1. The first kappa shape index (κ1) is 9.35. The molecule has 0 aromatic rings. The van der Waals surface area contributed by atoms with Gasteiger partial charge in [-0.05, 0) is 6.08 Å². The van der Waals surface area contributed by atoms with Gasteiger partial charge in [-0.15, -0.1) is 0 Å². The van der Waals surface area contributed by atoms with E-state index in [1.54, 1.807) is 0 Å². The topological polar surface area (TPSA) is 104 Å². The Balaban J connectivity index is 4.44. The Kier molecular flexibility index (Phi) is 2.98. The van der Waals surface area contributed by atoms with Crippen LogP contribution in [0, 0.1) is 5.41 Å². The van der Waals surface area contributed by atoms with E-state index >= 15 is 0 Å². The highest BCUT2D eigenvalue weighted by Crippen LogP contribution is 1.86. The number of allylic oxidation sites excluding steroid dienone is 1. The molecule has 0 atom stereocenters. The summed E-state index contributed by atoms with van der Waals surface area (Å²) in [5.41, 5.74) is 4.00. The summed E-state index contributed by atoms with van der Waals surface area (Å²) in [4.78, 5) is 20.4. The predicted octanol–water partition coefficient (Wildman–Crippen LogP) is -0.478. The molecule has 0 saturated heterocycles. The smallest absolute Gasteiger partial charge is 0.351 e. The van der Waals surface area contributed by atoms with E-state index < -0.39 is 23.2 Å². The molecule has 11 heavy (non-hydrogen) atoms. The van der Waals surface area contributed by atoms with Crippen molar-refractivity contribution in [1.29, 1.82) is 5.41 Å². The number of aliphatic carboxylic acids is 1. The summed E-state index contributed by atoms with van der Waals surface area (Å²) < 4.78 is 0. The van der Waals surface area contributed by atoms with Gasteiger partial charge in [0.2, 0.25) is 0 Å². The molecule has 0 heterocycles. The molecule has 0 aliphatic heterocycles. The SMILES string of the molecule is CC(=O)C(=N)/C=C(\N)C(=O)O. The van der Waals surface area contributed by atoms with Crippen LogP contribution in [0.15, 0.2) is 11.8 Å². The molecule has 0 fully saturated rings. The van der Waals surface area contributed by atoms with E-state index in [9.17, 15) is 9.59 Å². The number of carboxylic acids is 1. The van der Waals surface area contributed by atoms with Crippen molar-refractivity contribution in [2.45, 2.75) is 6.92 Å². The Labute approximate surface area is 63.0 Å². The lowest BCUT2D eigenvalue weighted by Crippen LogP contribution is -2.14. The molecule has 0 amide bonds. The van der Waals surface area contributed by atoms with Gasteiger partial charge in [-0.1, -0.05) is 0 Å². The predicted molar refractivity (Wildman–Crippen MR) is 38.3 cm³/mol. The Morgan fingerprint density at radius 2 is 2.00 bits per heavy atom. The summed E-state index contributed by atoms with van der Waals surface area (Å²) in [6.07, 6.45) is 0.810. The van der Waals surface area contributed by atoms with Crippen molar-refractivity contribution in [3.63, 3.8) is 0 Å². The summed E-state index contributed by atoms with van der Waals surface area (Å²) in [7, 11) is 0. The van der Waals surface area contributed by atoms with Crippen LogP contribution >= 0.6 is 0 Å². The minimum absolute atomic E-state index is 0.412. The molecule has 4 N–H and O–H groups in total. The van der Waals surface area contributed by atoms with Crippen molar-refractivity contribution in [1.82, 2.24) is 0 Å². The first-order chi connectivity index (χ1) is 4.95. The fraction of sp³-hybridized carbons (Fsp3) is 0.167.